The molecular formula is C25H16BrClF3N5OS. The number of hydrogen-bond donors (Lipinski definition) is 1. The minimum Gasteiger partial charge on any atom is -0.324 e. The van der Waals surface area contributed by atoms with Gasteiger partial charge in [0.25, 0.3) is 0 Å². The van der Waals surface area contributed by atoms with Crippen LogP contribution in [0.3, 0.4) is 0 Å². The molecule has 37 heavy (non-hydrogen) atoms. The first-order valence-electron chi connectivity index (χ1n) is 10.8. The van der Waals surface area contributed by atoms with E-state index in [0.29, 0.717) is 17.7 Å². The number of fused-ring (bicyclic) bond motifs is 3. The fourth-order valence-electron chi connectivity index (χ4n) is 3.81. The summed E-state index contributed by atoms with van der Waals surface area (Å²) in [7, 11) is 0. The van der Waals surface area contributed by atoms with Gasteiger partial charge in [-0.15, -0.1) is 10.2 Å². The second-order valence-corrected chi connectivity index (χ2v) is 10.3. The highest BCUT2D eigenvalue weighted by Crippen LogP contribution is 2.34. The Balaban J connectivity index is 1.40. The SMILES string of the molecule is O=C(CSc1nnc2c3cc(Br)ccc3n(Cc3ccccc3)c2n1)Nc1cc(C(F)(F)F)ccc1Cl. The molecule has 0 saturated heterocycles. The summed E-state index contributed by atoms with van der Waals surface area (Å²) in [6, 6.07) is 18.5. The average molecular weight is 607 g/mol. The van der Waals surface area contributed by atoms with Crippen molar-refractivity contribution >= 4 is 73.0 Å². The Morgan fingerprint density at radius 3 is 2.59 bits per heavy atom. The van der Waals surface area contributed by atoms with E-state index in [1.807, 2.05) is 53.1 Å². The number of rotatable bonds is 6. The Bertz CT molecular complexity index is 1630. The Morgan fingerprint density at radius 1 is 1.05 bits per heavy atom. The van der Waals surface area contributed by atoms with Crippen LogP contribution in [0.5, 0.6) is 0 Å². The lowest BCUT2D eigenvalue weighted by atomic mass is 10.2. The Morgan fingerprint density at radius 2 is 1.84 bits per heavy atom. The van der Waals surface area contributed by atoms with Crippen molar-refractivity contribution in [1.29, 1.82) is 0 Å². The standard InChI is InChI=1S/C25H16BrClF3N5OS/c26-16-7-9-20-17(11-16)22-23(35(20)12-14-4-2-1-3-5-14)32-24(34-33-22)37-13-21(36)31-19-10-15(25(28,29)30)6-8-18(19)27/h1-11H,12-13H2,(H,31,36). The van der Waals surface area contributed by atoms with Crippen molar-refractivity contribution in [2.75, 3.05) is 11.1 Å². The molecule has 0 saturated carbocycles. The molecule has 188 valence electrons. The van der Waals surface area contributed by atoms with Gasteiger partial charge in [-0.1, -0.05) is 69.6 Å². The maximum absolute atomic E-state index is 13.0. The van der Waals surface area contributed by atoms with Crippen molar-refractivity contribution in [2.24, 2.45) is 0 Å². The van der Waals surface area contributed by atoms with E-state index in [1.165, 1.54) is 0 Å². The number of halogens is 5. The van der Waals surface area contributed by atoms with Crippen molar-refractivity contribution in [3.8, 4) is 0 Å². The number of nitrogens with one attached hydrogen (secondary N) is 1. The van der Waals surface area contributed by atoms with Gasteiger partial charge in [-0.05, 0) is 42.0 Å². The molecular weight excluding hydrogens is 591 g/mol. The number of hydrogen-bond acceptors (Lipinski definition) is 5. The zero-order valence-corrected chi connectivity index (χ0v) is 21.9. The molecule has 6 nitrogen and oxygen atoms in total. The van der Waals surface area contributed by atoms with Gasteiger partial charge in [0, 0.05) is 16.4 Å². The van der Waals surface area contributed by atoms with Crippen LogP contribution >= 0.6 is 39.3 Å². The lowest BCUT2D eigenvalue weighted by Crippen LogP contribution is -2.16. The molecule has 5 rings (SSSR count). The van der Waals surface area contributed by atoms with Crippen LogP contribution in [0.1, 0.15) is 11.1 Å². The van der Waals surface area contributed by atoms with E-state index in [9.17, 15) is 18.0 Å². The van der Waals surface area contributed by atoms with Crippen molar-refractivity contribution in [1.82, 2.24) is 19.7 Å². The molecule has 2 heterocycles. The smallest absolute Gasteiger partial charge is 0.324 e. The summed E-state index contributed by atoms with van der Waals surface area (Å²) >= 11 is 10.5. The number of amides is 1. The third kappa shape index (κ3) is 5.58. The summed E-state index contributed by atoms with van der Waals surface area (Å²) in [5.74, 6) is -0.701. The van der Waals surface area contributed by atoms with Crippen molar-refractivity contribution in [3.63, 3.8) is 0 Å². The highest BCUT2D eigenvalue weighted by atomic mass is 79.9. The lowest BCUT2D eigenvalue weighted by Gasteiger charge is -2.11. The summed E-state index contributed by atoms with van der Waals surface area (Å²) in [4.78, 5) is 17.2. The van der Waals surface area contributed by atoms with E-state index in [-0.39, 0.29) is 21.6 Å². The van der Waals surface area contributed by atoms with E-state index in [4.69, 9.17) is 11.6 Å². The van der Waals surface area contributed by atoms with Crippen LogP contribution in [-0.4, -0.2) is 31.4 Å². The minimum absolute atomic E-state index is 0.00211. The van der Waals surface area contributed by atoms with Gasteiger partial charge in [0.15, 0.2) is 5.65 Å². The molecule has 3 aromatic carbocycles. The highest BCUT2D eigenvalue weighted by molar-refractivity contribution is 9.10. The van der Waals surface area contributed by atoms with Gasteiger partial charge in [0.2, 0.25) is 11.1 Å². The van der Waals surface area contributed by atoms with Crippen LogP contribution in [0, 0.1) is 0 Å². The number of benzene rings is 3. The molecule has 0 aliphatic rings. The summed E-state index contributed by atoms with van der Waals surface area (Å²) in [6.45, 7) is 0.555. The number of carbonyl (C=O) groups excluding carboxylic acids is 1. The molecule has 12 heteroatoms. The predicted octanol–water partition coefficient (Wildman–Crippen LogP) is 7.19. The topological polar surface area (TPSA) is 72.7 Å². The van der Waals surface area contributed by atoms with E-state index < -0.39 is 17.6 Å². The molecule has 0 fully saturated rings. The number of nitrogens with zero attached hydrogens (tertiary/aromatic N) is 4. The molecule has 0 atom stereocenters. The third-order valence-corrected chi connectivity index (χ3v) is 7.15. The maximum Gasteiger partial charge on any atom is 0.416 e. The molecule has 0 bridgehead atoms. The fraction of sp³-hybridized carbons (Fsp3) is 0.120. The van der Waals surface area contributed by atoms with Crippen molar-refractivity contribution in [3.05, 3.63) is 87.4 Å². The van der Waals surface area contributed by atoms with Gasteiger partial charge in [0.1, 0.15) is 5.52 Å². The van der Waals surface area contributed by atoms with Gasteiger partial charge in [0.05, 0.1) is 27.5 Å². The quantitative estimate of drug-likeness (QED) is 0.207. The molecule has 0 radical (unpaired) electrons. The van der Waals surface area contributed by atoms with Crippen LogP contribution in [-0.2, 0) is 17.5 Å². The maximum atomic E-state index is 13.0. The van der Waals surface area contributed by atoms with Crippen LogP contribution in [0.4, 0.5) is 18.9 Å². The number of anilines is 1. The zero-order valence-electron chi connectivity index (χ0n) is 18.8. The number of thioether (sulfide) groups is 1. The molecule has 0 aliphatic heterocycles. The normalized spacial score (nSPS) is 11.8. The predicted molar refractivity (Wildman–Crippen MR) is 142 cm³/mol. The molecule has 2 aromatic heterocycles. The van der Waals surface area contributed by atoms with E-state index in [1.54, 1.807) is 0 Å². The van der Waals surface area contributed by atoms with E-state index in [2.05, 4.69) is 36.4 Å². The summed E-state index contributed by atoms with van der Waals surface area (Å²) in [5, 5.41) is 12.1. The Kier molecular flexibility index (Phi) is 7.11. The van der Waals surface area contributed by atoms with Gasteiger partial charge in [-0.3, -0.25) is 4.79 Å². The van der Waals surface area contributed by atoms with E-state index >= 15 is 0 Å². The second kappa shape index (κ2) is 10.3. The van der Waals surface area contributed by atoms with Gasteiger partial charge in [-0.25, -0.2) is 4.98 Å². The van der Waals surface area contributed by atoms with E-state index in [0.717, 1.165) is 50.9 Å². The van der Waals surface area contributed by atoms with Crippen LogP contribution in [0.2, 0.25) is 5.02 Å². The molecule has 5 aromatic rings. The lowest BCUT2D eigenvalue weighted by molar-refractivity contribution is -0.137. The Hall–Kier alpha value is -3.15. The van der Waals surface area contributed by atoms with Crippen LogP contribution in [0.25, 0.3) is 22.1 Å². The summed E-state index contributed by atoms with van der Waals surface area (Å²) in [6.07, 6.45) is -4.55. The fourth-order valence-corrected chi connectivity index (χ4v) is 4.92. The summed E-state index contributed by atoms with van der Waals surface area (Å²) in [5.41, 5.74) is 2.21. The monoisotopic (exact) mass is 605 g/mol. The Labute approximate surface area is 226 Å². The molecule has 1 N–H and O–H groups in total. The van der Waals surface area contributed by atoms with Crippen molar-refractivity contribution in [2.45, 2.75) is 17.9 Å². The molecule has 0 aliphatic carbocycles. The van der Waals surface area contributed by atoms with Gasteiger partial charge >= 0.3 is 6.18 Å². The largest absolute Gasteiger partial charge is 0.416 e. The van der Waals surface area contributed by atoms with Crippen LogP contribution in [0.15, 0.2) is 76.4 Å². The third-order valence-electron chi connectivity index (χ3n) is 5.49. The molecule has 0 spiro atoms. The highest BCUT2D eigenvalue weighted by Gasteiger charge is 2.31. The van der Waals surface area contributed by atoms with Crippen LogP contribution < -0.4 is 5.32 Å². The summed E-state index contributed by atoms with van der Waals surface area (Å²) < 4.78 is 42.0. The first kappa shape index (κ1) is 25.5. The zero-order chi connectivity index (χ0) is 26.2. The minimum atomic E-state index is -4.55. The molecule has 1 amide bonds. The average Bonchev–Trinajstić information content (AvgIpc) is 3.16. The van der Waals surface area contributed by atoms with Crippen molar-refractivity contribution < 1.29 is 18.0 Å². The first-order chi connectivity index (χ1) is 17.7. The number of alkyl halides is 3. The number of carbonyl (C=O) groups is 1. The molecule has 0 unspecified atom stereocenters. The first-order valence-corrected chi connectivity index (χ1v) is 13.0. The number of aromatic nitrogens is 4. The van der Waals surface area contributed by atoms with Gasteiger partial charge < -0.3 is 9.88 Å². The van der Waals surface area contributed by atoms with Gasteiger partial charge in [-0.2, -0.15) is 13.2 Å². The second-order valence-electron chi connectivity index (χ2n) is 8.03.